The van der Waals surface area contributed by atoms with Crippen LogP contribution >= 0.6 is 22.9 Å². The first kappa shape index (κ1) is 39.4. The Morgan fingerprint density at radius 2 is 1.43 bits per heavy atom. The van der Waals surface area contributed by atoms with Crippen molar-refractivity contribution in [2.75, 3.05) is 7.05 Å². The van der Waals surface area contributed by atoms with Gasteiger partial charge >= 0.3 is 12.1 Å². The van der Waals surface area contributed by atoms with Crippen LogP contribution < -0.4 is 16.0 Å². The van der Waals surface area contributed by atoms with Crippen LogP contribution in [-0.2, 0) is 35.5 Å². The Morgan fingerprint density at radius 1 is 0.843 bits per heavy atom. The smallest absolute Gasteiger partial charge is 0.407 e. The minimum atomic E-state index is -1.53. The van der Waals surface area contributed by atoms with E-state index < -0.39 is 48.4 Å². The van der Waals surface area contributed by atoms with Gasteiger partial charge in [0.05, 0.1) is 34.2 Å². The summed E-state index contributed by atoms with van der Waals surface area (Å²) in [6.45, 7) is 8.02. The second-order valence-corrected chi connectivity index (χ2v) is 14.9. The number of hydrogen-bond donors (Lipinski definition) is 5. The maximum absolute atomic E-state index is 13.9. The highest BCUT2D eigenvalue weighted by Gasteiger charge is 2.36. The highest BCUT2D eigenvalue weighted by molar-refractivity contribution is 7.09. The molecule has 274 valence electrons. The first-order valence-corrected chi connectivity index (χ1v) is 18.6. The van der Waals surface area contributed by atoms with Gasteiger partial charge in [-0.3, -0.25) is 4.79 Å². The maximum Gasteiger partial charge on any atom is 0.407 e. The number of benzene rings is 2. The van der Waals surface area contributed by atoms with Crippen molar-refractivity contribution in [3.63, 3.8) is 0 Å². The molecule has 5 atom stereocenters. The van der Waals surface area contributed by atoms with E-state index in [0.29, 0.717) is 0 Å². The number of carbonyl (C=O) groups excluding carboxylic acids is 3. The van der Waals surface area contributed by atoms with Gasteiger partial charge in [-0.2, -0.15) is 0 Å². The number of aliphatic hydroxyl groups excluding tert-OH is 2. The number of aliphatic hydroxyl groups is 2. The Balaban J connectivity index is 1.50. The van der Waals surface area contributed by atoms with E-state index in [1.165, 1.54) is 16.4 Å². The lowest BCUT2D eigenvalue weighted by molar-refractivity contribution is -0.126. The number of thiazole rings is 1. The first-order chi connectivity index (χ1) is 24.4. The molecule has 0 saturated carbocycles. The van der Waals surface area contributed by atoms with Gasteiger partial charge < -0.3 is 35.8 Å². The molecule has 0 spiro atoms. The lowest BCUT2D eigenvalue weighted by Gasteiger charge is -2.34. The highest BCUT2D eigenvalue weighted by atomic mass is 32.1. The van der Waals surface area contributed by atoms with Crippen LogP contribution in [0.4, 0.5) is 9.59 Å². The number of alkyl carbamates (subject to hydrolysis) is 1. The van der Waals surface area contributed by atoms with Crippen LogP contribution in [0.25, 0.3) is 0 Å². The van der Waals surface area contributed by atoms with E-state index in [-0.39, 0.29) is 37.8 Å². The fourth-order valence-corrected chi connectivity index (χ4v) is 6.72. The third kappa shape index (κ3) is 12.1. The molecule has 0 radical (unpaired) electrons. The number of carbonyl (C=O) groups is 3. The van der Waals surface area contributed by atoms with E-state index in [2.05, 4.69) is 39.2 Å². The third-order valence-electron chi connectivity index (χ3n) is 8.28. The lowest BCUT2D eigenvalue weighted by atomic mass is 9.90. The molecule has 2 aromatic carbocycles. The van der Waals surface area contributed by atoms with Crippen LogP contribution in [0.5, 0.6) is 0 Å². The molecule has 0 aliphatic rings. The molecule has 0 bridgehead atoms. The summed E-state index contributed by atoms with van der Waals surface area (Å²) in [6, 6.07) is 16.8. The molecule has 0 aliphatic heterocycles. The van der Waals surface area contributed by atoms with Crippen LogP contribution in [0, 0.1) is 5.92 Å². The maximum atomic E-state index is 13.9. The standard InChI is InChI=1S/C37H48N6O6S2/c1-23(2)31(42-36(47)43(5)20-27-22-50-35(39-27)24(3)4)34(46)40-29(18-25-12-8-6-9-13-25)32(44)33(45)30(19-26-14-10-7-11-15-26)41-37(48)49-21-28-16-17-38-51-28/h6-17,22-24,29-33,44-45H,18-21H2,1-5H3,(H,40,46)(H,41,48)(H,42,47)/t29-,30-,31-,32-,33-/m0/s1. The summed E-state index contributed by atoms with van der Waals surface area (Å²) in [5, 5.41) is 34.8. The van der Waals surface area contributed by atoms with Crippen LogP contribution in [-0.4, -0.2) is 79.9 Å². The molecule has 4 amide bonds. The van der Waals surface area contributed by atoms with Gasteiger partial charge in [-0.25, -0.2) is 18.9 Å². The van der Waals surface area contributed by atoms with Crippen molar-refractivity contribution in [3.05, 3.63) is 105 Å². The number of urea groups is 1. The highest BCUT2D eigenvalue weighted by Crippen LogP contribution is 2.20. The predicted molar refractivity (Wildman–Crippen MR) is 198 cm³/mol. The Morgan fingerprint density at radius 3 is 1.94 bits per heavy atom. The van der Waals surface area contributed by atoms with Crippen molar-refractivity contribution in [2.45, 2.75) is 89.9 Å². The Labute approximate surface area is 307 Å². The number of nitrogens with zero attached hydrogens (tertiary/aromatic N) is 3. The van der Waals surface area contributed by atoms with Crippen LogP contribution in [0.1, 0.15) is 60.3 Å². The average molecular weight is 737 g/mol. The molecule has 14 heteroatoms. The fraction of sp³-hybridized carbons (Fsp3) is 0.432. The fourth-order valence-electron chi connectivity index (χ4n) is 5.40. The number of rotatable bonds is 17. The number of ether oxygens (including phenoxy) is 1. The minimum Gasteiger partial charge on any atom is -0.444 e. The summed E-state index contributed by atoms with van der Waals surface area (Å²) < 4.78 is 9.39. The van der Waals surface area contributed by atoms with Crippen molar-refractivity contribution < 1.29 is 29.3 Å². The number of aromatic nitrogens is 2. The van der Waals surface area contributed by atoms with Gasteiger partial charge in [0.1, 0.15) is 24.9 Å². The van der Waals surface area contributed by atoms with Crippen molar-refractivity contribution in [1.29, 1.82) is 0 Å². The normalized spacial score (nSPS) is 14.3. The van der Waals surface area contributed by atoms with Crippen molar-refractivity contribution in [2.24, 2.45) is 5.92 Å². The molecule has 2 heterocycles. The Bertz CT molecular complexity index is 1650. The molecule has 5 N–H and O–H groups in total. The Kier molecular flexibility index (Phi) is 14.9. The minimum absolute atomic E-state index is 0.000151. The summed E-state index contributed by atoms with van der Waals surface area (Å²) in [5.41, 5.74) is 2.38. The zero-order valence-corrected chi connectivity index (χ0v) is 31.2. The van der Waals surface area contributed by atoms with Gasteiger partial charge in [0.2, 0.25) is 5.91 Å². The summed E-state index contributed by atoms with van der Waals surface area (Å²) in [5.74, 6) is -0.553. The summed E-state index contributed by atoms with van der Waals surface area (Å²) >= 11 is 2.75. The third-order valence-corrected chi connectivity index (χ3v) is 10.2. The average Bonchev–Trinajstić information content (AvgIpc) is 3.82. The van der Waals surface area contributed by atoms with Gasteiger partial charge in [0.25, 0.3) is 0 Å². The van der Waals surface area contributed by atoms with E-state index in [1.807, 2.05) is 79.9 Å². The lowest BCUT2D eigenvalue weighted by Crippen LogP contribution is -2.60. The summed E-state index contributed by atoms with van der Waals surface area (Å²) in [7, 11) is 1.64. The van der Waals surface area contributed by atoms with Crippen molar-refractivity contribution in [3.8, 4) is 0 Å². The number of hydrogen-bond acceptors (Lipinski definition) is 10. The quantitative estimate of drug-likeness (QED) is 0.102. The number of amides is 4. The molecule has 12 nitrogen and oxygen atoms in total. The SMILES string of the molecule is CC(C)c1nc(CN(C)C(=O)N[C@H](C(=O)N[C@@H](Cc2ccccc2)[C@H](O)[C@@H](O)[C@H](Cc2ccccc2)NC(=O)OCc2ccns2)C(C)C)cs1. The Hall–Kier alpha value is -4.37. The molecule has 0 saturated heterocycles. The van der Waals surface area contributed by atoms with E-state index in [0.717, 1.165) is 26.7 Å². The van der Waals surface area contributed by atoms with Crippen LogP contribution in [0.2, 0.25) is 0 Å². The predicted octanol–water partition coefficient (Wildman–Crippen LogP) is 4.88. The summed E-state index contributed by atoms with van der Waals surface area (Å²) in [4.78, 5) is 46.9. The molecular formula is C37H48N6O6S2. The van der Waals surface area contributed by atoms with Gasteiger partial charge in [-0.15, -0.1) is 11.3 Å². The number of nitrogens with one attached hydrogen (secondary N) is 3. The molecule has 51 heavy (non-hydrogen) atoms. The van der Waals surface area contributed by atoms with Gasteiger partial charge in [0, 0.05) is 24.5 Å². The van der Waals surface area contributed by atoms with Gasteiger partial charge in [0.15, 0.2) is 0 Å². The molecular weight excluding hydrogens is 689 g/mol. The summed E-state index contributed by atoms with van der Waals surface area (Å²) in [6.07, 6.45) is -1.88. The van der Waals surface area contributed by atoms with Gasteiger partial charge in [-0.05, 0) is 47.5 Å². The van der Waals surface area contributed by atoms with Crippen LogP contribution in [0.3, 0.4) is 0 Å². The van der Waals surface area contributed by atoms with E-state index in [1.54, 1.807) is 30.6 Å². The zero-order valence-electron chi connectivity index (χ0n) is 29.6. The van der Waals surface area contributed by atoms with Gasteiger partial charge in [-0.1, -0.05) is 88.4 Å². The second-order valence-electron chi connectivity index (χ2n) is 13.1. The molecule has 4 rings (SSSR count). The second kappa shape index (κ2) is 19.3. The molecule has 0 unspecified atom stereocenters. The molecule has 0 fully saturated rings. The van der Waals surface area contributed by atoms with E-state index in [4.69, 9.17) is 4.74 Å². The van der Waals surface area contributed by atoms with E-state index >= 15 is 0 Å². The van der Waals surface area contributed by atoms with Crippen LogP contribution in [0.15, 0.2) is 78.3 Å². The first-order valence-electron chi connectivity index (χ1n) is 16.9. The van der Waals surface area contributed by atoms with Crippen molar-refractivity contribution >= 4 is 40.9 Å². The topological polar surface area (TPSA) is 166 Å². The van der Waals surface area contributed by atoms with E-state index in [9.17, 15) is 24.6 Å². The largest absolute Gasteiger partial charge is 0.444 e. The monoisotopic (exact) mass is 736 g/mol. The van der Waals surface area contributed by atoms with Crippen molar-refractivity contribution in [1.82, 2.24) is 30.2 Å². The molecule has 4 aromatic rings. The molecule has 0 aliphatic carbocycles. The zero-order chi connectivity index (χ0) is 36.9. The molecule has 2 aromatic heterocycles.